The van der Waals surface area contributed by atoms with Gasteiger partial charge in [-0.15, -0.1) is 0 Å². The quantitative estimate of drug-likeness (QED) is 0.0812. The topological polar surface area (TPSA) is 87.0 Å². The molecule has 8 heteroatoms. The molecule has 0 aromatic heterocycles. The monoisotopic (exact) mass is 621 g/mol. The van der Waals surface area contributed by atoms with E-state index in [1.54, 1.807) is 19.1 Å². The molecule has 47 heavy (non-hydrogen) atoms. The summed E-state index contributed by atoms with van der Waals surface area (Å²) < 4.78 is 11.6. The maximum absolute atomic E-state index is 12.3. The van der Waals surface area contributed by atoms with Crippen LogP contribution in [-0.4, -0.2) is 32.2 Å². The SMILES string of the molecule is CCN(CC)c1ccc2nc3c4ccccc4c(=O)cc-3oc2c1.[C-]#[N+]/C(C#N)=C1/C=C(C)OC(/C=C/c2ccc(N(C)C)cc2)=C1. The first-order valence-corrected chi connectivity index (χ1v) is 15.3. The van der Waals surface area contributed by atoms with E-state index in [0.717, 1.165) is 46.6 Å². The Bertz CT molecular complexity index is 2150. The number of benzene rings is 4. The third kappa shape index (κ3) is 7.24. The summed E-state index contributed by atoms with van der Waals surface area (Å²) in [5, 5.41) is 10.5. The van der Waals surface area contributed by atoms with Crippen molar-refractivity contribution in [2.24, 2.45) is 0 Å². The van der Waals surface area contributed by atoms with E-state index in [2.05, 4.69) is 29.7 Å². The first kappa shape index (κ1) is 32.3. The highest BCUT2D eigenvalue weighted by Gasteiger charge is 2.16. The average Bonchev–Trinajstić information content (AvgIpc) is 3.08. The minimum absolute atomic E-state index is 0.0390. The summed E-state index contributed by atoms with van der Waals surface area (Å²) in [6, 6.07) is 25.1. The fourth-order valence-electron chi connectivity index (χ4n) is 5.29. The standard InChI is InChI=1S/C20H18N2O2.C19H17N3O/c1-3-22(4-2)13-9-10-16-18(11-13)24-19-12-17(23)14-7-5-6-8-15(14)20(19)21-16;1-14-11-16(19(13-20)21-2)12-18(23-14)10-7-15-5-8-17(9-6-15)22(3)4/h5-12H,3-4H2,1-2H3;5-12H,1,3-4H3/b;10-7+,19-16-. The lowest BCUT2D eigenvalue weighted by atomic mass is 10.0. The summed E-state index contributed by atoms with van der Waals surface area (Å²) in [5.41, 5.74) is 6.10. The van der Waals surface area contributed by atoms with Crippen molar-refractivity contribution in [1.29, 1.82) is 5.26 Å². The molecule has 2 heterocycles. The minimum atomic E-state index is -0.0390. The predicted molar refractivity (Wildman–Crippen MR) is 190 cm³/mol. The van der Waals surface area contributed by atoms with Crippen LogP contribution in [-0.2, 0) is 4.74 Å². The zero-order valence-electron chi connectivity index (χ0n) is 27.1. The lowest BCUT2D eigenvalue weighted by Gasteiger charge is -2.21. The molecule has 0 N–H and O–H groups in total. The molecule has 0 bridgehead atoms. The van der Waals surface area contributed by atoms with Gasteiger partial charge in [0, 0.05) is 61.5 Å². The summed E-state index contributed by atoms with van der Waals surface area (Å²) >= 11 is 0. The number of fused-ring (bicyclic) bond motifs is 4. The molecule has 2 aliphatic heterocycles. The van der Waals surface area contributed by atoms with Crippen LogP contribution in [0.4, 0.5) is 11.4 Å². The first-order valence-electron chi connectivity index (χ1n) is 15.3. The van der Waals surface area contributed by atoms with Gasteiger partial charge in [-0.2, -0.15) is 0 Å². The Hall–Kier alpha value is -6.12. The highest BCUT2D eigenvalue weighted by atomic mass is 16.5. The second kappa shape index (κ2) is 14.3. The van der Waals surface area contributed by atoms with E-state index in [4.69, 9.17) is 26.0 Å². The molecule has 0 saturated heterocycles. The van der Waals surface area contributed by atoms with Gasteiger partial charge in [0.2, 0.25) is 0 Å². The molecule has 8 nitrogen and oxygen atoms in total. The van der Waals surface area contributed by atoms with Crippen molar-refractivity contribution in [2.45, 2.75) is 20.8 Å². The summed E-state index contributed by atoms with van der Waals surface area (Å²) in [4.78, 5) is 24.6. The van der Waals surface area contributed by atoms with Gasteiger partial charge in [0.15, 0.2) is 16.8 Å². The smallest absolute Gasteiger partial charge is 0.269 e. The molecule has 3 aromatic carbocycles. The average molecular weight is 622 g/mol. The van der Waals surface area contributed by atoms with Crippen molar-refractivity contribution in [3.05, 3.63) is 141 Å². The fourth-order valence-corrected chi connectivity index (χ4v) is 5.29. The second-order valence-electron chi connectivity index (χ2n) is 11.1. The second-order valence-corrected chi connectivity index (χ2v) is 11.1. The van der Waals surface area contributed by atoms with Gasteiger partial charge in [-0.05, 0) is 74.4 Å². The number of anilines is 2. The molecule has 0 fully saturated rings. The van der Waals surface area contributed by atoms with E-state index < -0.39 is 0 Å². The van der Waals surface area contributed by atoms with Crippen LogP contribution in [0.3, 0.4) is 0 Å². The third-order valence-corrected chi connectivity index (χ3v) is 7.74. The molecule has 0 atom stereocenters. The Balaban J connectivity index is 0.000000185. The van der Waals surface area contributed by atoms with Crippen molar-refractivity contribution in [2.75, 3.05) is 37.0 Å². The number of ether oxygens (including phenoxy) is 1. The number of nitriles is 1. The highest BCUT2D eigenvalue weighted by Crippen LogP contribution is 2.31. The molecule has 234 valence electrons. The number of hydrogen-bond acceptors (Lipinski definition) is 7. The first-order chi connectivity index (χ1) is 22.7. The summed E-state index contributed by atoms with van der Waals surface area (Å²) in [5.74, 6) is 1.79. The van der Waals surface area contributed by atoms with Crippen LogP contribution < -0.4 is 15.2 Å². The van der Waals surface area contributed by atoms with E-state index in [9.17, 15) is 4.79 Å². The van der Waals surface area contributed by atoms with Gasteiger partial charge < -0.3 is 19.0 Å². The molecular formula is C39H35N5O3. The van der Waals surface area contributed by atoms with Gasteiger partial charge in [0.25, 0.3) is 5.70 Å². The third-order valence-electron chi connectivity index (χ3n) is 7.74. The van der Waals surface area contributed by atoms with Crippen molar-refractivity contribution in [3.63, 3.8) is 0 Å². The van der Waals surface area contributed by atoms with Gasteiger partial charge >= 0.3 is 0 Å². The summed E-state index contributed by atoms with van der Waals surface area (Å²) in [7, 11) is 4.00. The molecule has 1 aliphatic carbocycles. The lowest BCUT2D eigenvalue weighted by molar-refractivity contribution is 0.318. The van der Waals surface area contributed by atoms with Crippen molar-refractivity contribution >= 4 is 39.3 Å². The summed E-state index contributed by atoms with van der Waals surface area (Å²) in [6.07, 6.45) is 7.17. The largest absolute Gasteiger partial charge is 0.462 e. The lowest BCUT2D eigenvalue weighted by Crippen LogP contribution is -2.21. The van der Waals surface area contributed by atoms with Crippen LogP contribution in [0.5, 0.6) is 0 Å². The highest BCUT2D eigenvalue weighted by molar-refractivity contribution is 5.96. The zero-order chi connectivity index (χ0) is 33.5. The van der Waals surface area contributed by atoms with Gasteiger partial charge in [-0.3, -0.25) is 4.79 Å². The number of hydrogen-bond donors (Lipinski definition) is 0. The Kier molecular flexibility index (Phi) is 9.84. The van der Waals surface area contributed by atoms with Crippen LogP contribution in [0.15, 0.2) is 123 Å². The van der Waals surface area contributed by atoms with Gasteiger partial charge in [-0.25, -0.2) is 15.1 Å². The maximum Gasteiger partial charge on any atom is 0.269 e. The zero-order valence-corrected chi connectivity index (χ0v) is 27.1. The van der Waals surface area contributed by atoms with Crippen LogP contribution in [0.25, 0.3) is 44.2 Å². The summed E-state index contributed by atoms with van der Waals surface area (Å²) in [6.45, 7) is 14.9. The predicted octanol–water partition coefficient (Wildman–Crippen LogP) is 8.57. The Labute approximate surface area is 274 Å². The van der Waals surface area contributed by atoms with Gasteiger partial charge in [0.05, 0.1) is 12.6 Å². The maximum atomic E-state index is 12.3. The Morgan fingerprint density at radius 2 is 1.66 bits per heavy atom. The van der Waals surface area contributed by atoms with Crippen molar-refractivity contribution in [1.82, 2.24) is 4.98 Å². The number of allylic oxidation sites excluding steroid dienone is 6. The molecule has 0 saturated carbocycles. The molecule has 6 rings (SSSR count). The van der Waals surface area contributed by atoms with Gasteiger partial charge in [0.1, 0.15) is 22.7 Å². The normalized spacial score (nSPS) is 13.6. The molecule has 0 spiro atoms. The molecule has 3 aromatic rings. The minimum Gasteiger partial charge on any atom is -0.462 e. The van der Waals surface area contributed by atoms with Crippen LogP contribution in [0.1, 0.15) is 26.3 Å². The molecule has 3 aliphatic rings. The molecule has 0 radical (unpaired) electrons. The van der Waals surface area contributed by atoms with Crippen LogP contribution >= 0.6 is 0 Å². The Morgan fingerprint density at radius 1 is 0.957 bits per heavy atom. The van der Waals surface area contributed by atoms with Gasteiger partial charge in [-0.1, -0.05) is 42.5 Å². The Morgan fingerprint density at radius 3 is 2.32 bits per heavy atom. The van der Waals surface area contributed by atoms with Crippen molar-refractivity contribution < 1.29 is 9.15 Å². The van der Waals surface area contributed by atoms with Crippen molar-refractivity contribution in [3.8, 4) is 17.5 Å². The van der Waals surface area contributed by atoms with Crippen LogP contribution in [0, 0.1) is 17.9 Å². The number of rotatable bonds is 6. The van der Waals surface area contributed by atoms with E-state index in [0.29, 0.717) is 33.8 Å². The number of nitrogens with zero attached hydrogens (tertiary/aromatic N) is 5. The fraction of sp³-hybridized carbons (Fsp3) is 0.179. The molecular weight excluding hydrogens is 586 g/mol. The van der Waals surface area contributed by atoms with Crippen LogP contribution in [0.2, 0.25) is 0 Å². The number of aromatic nitrogens is 1. The molecule has 0 unspecified atom stereocenters. The van der Waals surface area contributed by atoms with E-state index in [-0.39, 0.29) is 11.1 Å². The molecule has 0 amide bonds. The van der Waals surface area contributed by atoms with E-state index >= 15 is 0 Å². The van der Waals surface area contributed by atoms with E-state index in [1.807, 2.05) is 97.9 Å². The van der Waals surface area contributed by atoms with E-state index in [1.165, 1.54) is 6.07 Å².